The maximum Gasteiger partial charge on any atom is 0.313 e. The average Bonchev–Trinajstić information content (AvgIpc) is 2.54. The zero-order valence-electron chi connectivity index (χ0n) is 12.3. The minimum Gasteiger partial charge on any atom is -0.489 e. The van der Waals surface area contributed by atoms with Gasteiger partial charge in [0.2, 0.25) is 0 Å². The first-order valence-corrected chi connectivity index (χ1v) is 7.01. The number of para-hydroxylation sites is 2. The van der Waals surface area contributed by atoms with Gasteiger partial charge in [-0.2, -0.15) is 0 Å². The maximum atomic E-state index is 11.7. The van der Waals surface area contributed by atoms with Gasteiger partial charge in [-0.25, -0.2) is 0 Å². The number of hydrogen-bond donors (Lipinski definition) is 2. The van der Waals surface area contributed by atoms with Crippen molar-refractivity contribution in [2.45, 2.75) is 13.0 Å². The van der Waals surface area contributed by atoms with E-state index in [0.717, 1.165) is 5.75 Å². The van der Waals surface area contributed by atoms with Crippen LogP contribution in [0.1, 0.15) is 6.92 Å². The Labute approximate surface area is 129 Å². The zero-order chi connectivity index (χ0) is 15.8. The molecule has 2 aromatic rings. The summed E-state index contributed by atoms with van der Waals surface area (Å²) in [4.78, 5) is 23.4. The molecule has 2 aromatic carbocycles. The SMILES string of the molecule is C[C@@H](CNC(=O)C(=O)Nc1ccccc1)Oc1ccccc1. The summed E-state index contributed by atoms with van der Waals surface area (Å²) in [7, 11) is 0. The van der Waals surface area contributed by atoms with E-state index >= 15 is 0 Å². The predicted molar refractivity (Wildman–Crippen MR) is 84.6 cm³/mol. The van der Waals surface area contributed by atoms with Crippen LogP contribution in [0.3, 0.4) is 0 Å². The van der Waals surface area contributed by atoms with Crippen molar-refractivity contribution >= 4 is 17.5 Å². The molecule has 0 radical (unpaired) electrons. The number of nitrogens with one attached hydrogen (secondary N) is 2. The van der Waals surface area contributed by atoms with Crippen LogP contribution >= 0.6 is 0 Å². The smallest absolute Gasteiger partial charge is 0.313 e. The average molecular weight is 298 g/mol. The fraction of sp³-hybridized carbons (Fsp3) is 0.176. The highest BCUT2D eigenvalue weighted by atomic mass is 16.5. The van der Waals surface area contributed by atoms with Crippen LogP contribution in [0.15, 0.2) is 60.7 Å². The van der Waals surface area contributed by atoms with Crippen molar-refractivity contribution in [2.24, 2.45) is 0 Å². The lowest BCUT2D eigenvalue weighted by Crippen LogP contribution is -2.40. The third-order valence-electron chi connectivity index (χ3n) is 2.87. The molecule has 5 nitrogen and oxygen atoms in total. The van der Waals surface area contributed by atoms with Crippen molar-refractivity contribution in [1.82, 2.24) is 5.32 Å². The Hall–Kier alpha value is -2.82. The van der Waals surface area contributed by atoms with E-state index in [0.29, 0.717) is 5.69 Å². The molecule has 0 unspecified atom stereocenters. The van der Waals surface area contributed by atoms with Crippen LogP contribution in [0, 0.1) is 0 Å². The van der Waals surface area contributed by atoms with E-state index in [4.69, 9.17) is 4.74 Å². The van der Waals surface area contributed by atoms with E-state index in [2.05, 4.69) is 10.6 Å². The monoisotopic (exact) mass is 298 g/mol. The first kappa shape index (κ1) is 15.6. The number of ether oxygens (including phenoxy) is 1. The number of benzene rings is 2. The zero-order valence-corrected chi connectivity index (χ0v) is 12.3. The number of rotatable bonds is 5. The third-order valence-corrected chi connectivity index (χ3v) is 2.87. The van der Waals surface area contributed by atoms with E-state index < -0.39 is 11.8 Å². The topological polar surface area (TPSA) is 67.4 Å². The predicted octanol–water partition coefficient (Wildman–Crippen LogP) is 2.21. The van der Waals surface area contributed by atoms with Gasteiger partial charge in [0.25, 0.3) is 0 Å². The maximum absolute atomic E-state index is 11.7. The van der Waals surface area contributed by atoms with Gasteiger partial charge in [0, 0.05) is 5.69 Å². The molecule has 0 saturated carbocycles. The minimum absolute atomic E-state index is 0.240. The van der Waals surface area contributed by atoms with Crippen LogP contribution in [0.4, 0.5) is 5.69 Å². The van der Waals surface area contributed by atoms with E-state index in [9.17, 15) is 9.59 Å². The largest absolute Gasteiger partial charge is 0.489 e. The Morgan fingerprint density at radius 1 is 0.955 bits per heavy atom. The summed E-state index contributed by atoms with van der Waals surface area (Å²) in [6.45, 7) is 2.07. The van der Waals surface area contributed by atoms with Crippen LogP contribution in [0.5, 0.6) is 5.75 Å². The second kappa shape index (κ2) is 7.83. The van der Waals surface area contributed by atoms with Gasteiger partial charge in [-0.05, 0) is 31.2 Å². The first-order chi connectivity index (χ1) is 10.6. The number of amides is 2. The van der Waals surface area contributed by atoms with Crippen LogP contribution in [-0.2, 0) is 9.59 Å². The molecule has 0 aromatic heterocycles. The Bertz CT molecular complexity index is 614. The molecule has 0 bridgehead atoms. The van der Waals surface area contributed by atoms with E-state index in [1.54, 1.807) is 24.3 Å². The van der Waals surface area contributed by atoms with E-state index in [-0.39, 0.29) is 12.6 Å². The second-order valence-electron chi connectivity index (χ2n) is 4.77. The molecule has 2 N–H and O–H groups in total. The fourth-order valence-electron chi connectivity index (χ4n) is 1.80. The van der Waals surface area contributed by atoms with Crippen molar-refractivity contribution in [1.29, 1.82) is 0 Å². The second-order valence-corrected chi connectivity index (χ2v) is 4.77. The molecule has 0 aliphatic carbocycles. The third kappa shape index (κ3) is 4.94. The molecule has 0 fully saturated rings. The lowest BCUT2D eigenvalue weighted by molar-refractivity contribution is -0.136. The van der Waals surface area contributed by atoms with Gasteiger partial charge < -0.3 is 15.4 Å². The van der Waals surface area contributed by atoms with E-state index in [1.807, 2.05) is 43.3 Å². The molecule has 114 valence electrons. The number of carbonyl (C=O) groups is 2. The summed E-state index contributed by atoms with van der Waals surface area (Å²) in [5.41, 5.74) is 0.580. The highest BCUT2D eigenvalue weighted by Crippen LogP contribution is 2.10. The standard InChI is InChI=1S/C17H18N2O3/c1-13(22-15-10-6-3-7-11-15)12-18-16(20)17(21)19-14-8-4-2-5-9-14/h2-11,13H,12H2,1H3,(H,18,20)(H,19,21)/t13-/m0/s1. The Balaban J connectivity index is 1.76. The molecule has 0 saturated heterocycles. The van der Waals surface area contributed by atoms with Crippen LogP contribution in [0.25, 0.3) is 0 Å². The highest BCUT2D eigenvalue weighted by Gasteiger charge is 2.14. The summed E-state index contributed by atoms with van der Waals surface area (Å²) in [5, 5.41) is 5.07. The summed E-state index contributed by atoms with van der Waals surface area (Å²) in [5.74, 6) is -0.663. The number of hydrogen-bond acceptors (Lipinski definition) is 3. The van der Waals surface area contributed by atoms with Crippen LogP contribution in [0.2, 0.25) is 0 Å². The van der Waals surface area contributed by atoms with Crippen LogP contribution in [-0.4, -0.2) is 24.5 Å². The van der Waals surface area contributed by atoms with E-state index in [1.165, 1.54) is 0 Å². The molecular weight excluding hydrogens is 280 g/mol. The van der Waals surface area contributed by atoms with Crippen molar-refractivity contribution in [2.75, 3.05) is 11.9 Å². The van der Waals surface area contributed by atoms with Crippen molar-refractivity contribution in [3.8, 4) is 5.75 Å². The Kier molecular flexibility index (Phi) is 5.54. The molecule has 5 heteroatoms. The Morgan fingerprint density at radius 2 is 1.55 bits per heavy atom. The van der Waals surface area contributed by atoms with Gasteiger partial charge >= 0.3 is 11.8 Å². The molecule has 2 amide bonds. The summed E-state index contributed by atoms with van der Waals surface area (Å²) in [6, 6.07) is 18.1. The van der Waals surface area contributed by atoms with Crippen molar-refractivity contribution in [3.63, 3.8) is 0 Å². The molecule has 0 heterocycles. The minimum atomic E-state index is -0.696. The lowest BCUT2D eigenvalue weighted by Gasteiger charge is -2.15. The highest BCUT2D eigenvalue weighted by molar-refractivity contribution is 6.39. The normalized spacial score (nSPS) is 11.3. The fourth-order valence-corrected chi connectivity index (χ4v) is 1.80. The molecule has 1 atom stereocenters. The van der Waals surface area contributed by atoms with Gasteiger partial charge in [0.15, 0.2) is 0 Å². The number of anilines is 1. The van der Waals surface area contributed by atoms with Crippen molar-refractivity contribution in [3.05, 3.63) is 60.7 Å². The van der Waals surface area contributed by atoms with Crippen LogP contribution < -0.4 is 15.4 Å². The van der Waals surface area contributed by atoms with Crippen molar-refractivity contribution < 1.29 is 14.3 Å². The molecular formula is C17H18N2O3. The molecule has 0 aliphatic heterocycles. The lowest BCUT2D eigenvalue weighted by atomic mass is 10.3. The van der Waals surface area contributed by atoms with Gasteiger partial charge in [0.1, 0.15) is 11.9 Å². The number of carbonyl (C=O) groups excluding carboxylic acids is 2. The molecule has 0 aliphatic rings. The van der Waals surface area contributed by atoms with Gasteiger partial charge in [-0.1, -0.05) is 36.4 Å². The quantitative estimate of drug-likeness (QED) is 0.832. The summed E-state index contributed by atoms with van der Waals surface area (Å²) in [6.07, 6.45) is -0.240. The molecule has 0 spiro atoms. The van der Waals surface area contributed by atoms with Gasteiger partial charge in [-0.15, -0.1) is 0 Å². The van der Waals surface area contributed by atoms with Gasteiger partial charge in [-0.3, -0.25) is 9.59 Å². The first-order valence-electron chi connectivity index (χ1n) is 7.01. The summed E-state index contributed by atoms with van der Waals surface area (Å²) >= 11 is 0. The van der Waals surface area contributed by atoms with Gasteiger partial charge in [0.05, 0.1) is 6.54 Å². The summed E-state index contributed by atoms with van der Waals surface area (Å²) < 4.78 is 5.62. The molecule has 2 rings (SSSR count). The Morgan fingerprint density at radius 3 is 2.18 bits per heavy atom. The molecule has 22 heavy (non-hydrogen) atoms.